The highest BCUT2D eigenvalue weighted by Gasteiger charge is 2.23. The average Bonchev–Trinajstić information content (AvgIpc) is 2.88. The molecule has 0 spiro atoms. The number of piperazine rings is 1. The zero-order valence-electron chi connectivity index (χ0n) is 20.3. The highest BCUT2D eigenvalue weighted by Crippen LogP contribution is 2.23. The summed E-state index contributed by atoms with van der Waals surface area (Å²) >= 11 is 0. The van der Waals surface area contributed by atoms with Crippen LogP contribution in [0.3, 0.4) is 0 Å². The van der Waals surface area contributed by atoms with Crippen LogP contribution < -0.4 is 4.90 Å². The van der Waals surface area contributed by atoms with E-state index in [9.17, 15) is 14.4 Å². The summed E-state index contributed by atoms with van der Waals surface area (Å²) in [6.07, 6.45) is 0.256. The fourth-order valence-corrected chi connectivity index (χ4v) is 4.29. The van der Waals surface area contributed by atoms with Gasteiger partial charge in [-0.05, 0) is 42.3 Å². The molecule has 0 N–H and O–H groups in total. The predicted molar refractivity (Wildman–Crippen MR) is 137 cm³/mol. The van der Waals surface area contributed by atoms with Gasteiger partial charge in [0.2, 0.25) is 11.8 Å². The summed E-state index contributed by atoms with van der Waals surface area (Å²) in [5.74, 6) is -0.0101. The maximum absolute atomic E-state index is 13.5. The van der Waals surface area contributed by atoms with Crippen LogP contribution in [-0.2, 0) is 22.6 Å². The molecule has 6 heteroatoms. The van der Waals surface area contributed by atoms with Crippen LogP contribution >= 0.6 is 0 Å². The first-order chi connectivity index (χ1) is 16.9. The molecule has 3 aromatic carbocycles. The maximum Gasteiger partial charge on any atom is 0.258 e. The Hall–Kier alpha value is -3.93. The van der Waals surface area contributed by atoms with Crippen molar-refractivity contribution in [2.75, 3.05) is 31.1 Å². The number of carbonyl (C=O) groups is 3. The molecule has 0 atom stereocenters. The molecule has 1 fully saturated rings. The second-order valence-corrected chi connectivity index (χ2v) is 8.98. The fourth-order valence-electron chi connectivity index (χ4n) is 4.29. The van der Waals surface area contributed by atoms with E-state index in [2.05, 4.69) is 0 Å². The first-order valence-electron chi connectivity index (χ1n) is 12.0. The topological polar surface area (TPSA) is 60.9 Å². The predicted octanol–water partition coefficient (Wildman–Crippen LogP) is 4.08. The molecule has 0 bridgehead atoms. The van der Waals surface area contributed by atoms with Crippen LogP contribution in [0, 0.1) is 6.92 Å². The van der Waals surface area contributed by atoms with Gasteiger partial charge in [0.15, 0.2) is 0 Å². The standard InChI is InChI=1S/C29H31N3O3/c1-22-11-13-26(14-12-22)29(35)32(21-24-7-4-3-5-8-24)27-10-6-9-25(19-27)20-28(34)31-17-15-30(16-18-31)23(2)33/h3-14,19H,15-18,20-21H2,1-2H3. The van der Waals surface area contributed by atoms with Crippen LogP contribution in [0.4, 0.5) is 5.69 Å². The van der Waals surface area contributed by atoms with Crippen molar-refractivity contribution in [3.05, 3.63) is 101 Å². The number of rotatable bonds is 6. The molecule has 0 aromatic heterocycles. The monoisotopic (exact) mass is 469 g/mol. The second-order valence-electron chi connectivity index (χ2n) is 8.98. The van der Waals surface area contributed by atoms with Gasteiger partial charge in [-0.2, -0.15) is 0 Å². The minimum absolute atomic E-state index is 0.0322. The van der Waals surface area contributed by atoms with Gasteiger partial charge in [0.1, 0.15) is 0 Å². The summed E-state index contributed by atoms with van der Waals surface area (Å²) in [7, 11) is 0. The lowest BCUT2D eigenvalue weighted by molar-refractivity contribution is -0.138. The first-order valence-corrected chi connectivity index (χ1v) is 12.0. The van der Waals surface area contributed by atoms with Crippen molar-refractivity contribution in [1.82, 2.24) is 9.80 Å². The molecule has 4 rings (SSSR count). The Morgan fingerprint density at radius 2 is 1.40 bits per heavy atom. The highest BCUT2D eigenvalue weighted by molar-refractivity contribution is 6.06. The lowest BCUT2D eigenvalue weighted by Crippen LogP contribution is -2.50. The molecule has 0 unspecified atom stereocenters. The van der Waals surface area contributed by atoms with Gasteiger partial charge in [-0.25, -0.2) is 0 Å². The molecular formula is C29H31N3O3. The third-order valence-corrected chi connectivity index (χ3v) is 6.38. The lowest BCUT2D eigenvalue weighted by Gasteiger charge is -2.34. The van der Waals surface area contributed by atoms with Gasteiger partial charge in [0.05, 0.1) is 13.0 Å². The van der Waals surface area contributed by atoms with Crippen molar-refractivity contribution in [3.8, 4) is 0 Å². The van der Waals surface area contributed by atoms with Crippen LogP contribution in [0.15, 0.2) is 78.9 Å². The molecule has 1 heterocycles. The van der Waals surface area contributed by atoms with E-state index < -0.39 is 0 Å². The normalized spacial score (nSPS) is 13.4. The van der Waals surface area contributed by atoms with Crippen molar-refractivity contribution in [3.63, 3.8) is 0 Å². The Bertz CT molecular complexity index is 1180. The summed E-state index contributed by atoms with van der Waals surface area (Å²) in [6.45, 7) is 6.21. The van der Waals surface area contributed by atoms with E-state index in [0.29, 0.717) is 38.3 Å². The third-order valence-electron chi connectivity index (χ3n) is 6.38. The van der Waals surface area contributed by atoms with Crippen molar-refractivity contribution in [2.24, 2.45) is 0 Å². The number of hydrogen-bond donors (Lipinski definition) is 0. The number of hydrogen-bond acceptors (Lipinski definition) is 3. The fraction of sp³-hybridized carbons (Fsp3) is 0.276. The summed E-state index contributed by atoms with van der Waals surface area (Å²) < 4.78 is 0. The van der Waals surface area contributed by atoms with Gasteiger partial charge in [-0.15, -0.1) is 0 Å². The Labute approximate surface area is 206 Å². The third kappa shape index (κ3) is 6.15. The van der Waals surface area contributed by atoms with E-state index in [1.807, 2.05) is 90.7 Å². The van der Waals surface area contributed by atoms with Gasteiger partial charge in [0.25, 0.3) is 5.91 Å². The molecular weight excluding hydrogens is 438 g/mol. The van der Waals surface area contributed by atoms with E-state index >= 15 is 0 Å². The average molecular weight is 470 g/mol. The number of anilines is 1. The maximum atomic E-state index is 13.5. The zero-order chi connectivity index (χ0) is 24.8. The SMILES string of the molecule is CC(=O)N1CCN(C(=O)Cc2cccc(N(Cc3ccccc3)C(=O)c3ccc(C)cc3)c2)CC1. The Kier molecular flexibility index (Phi) is 7.60. The largest absolute Gasteiger partial charge is 0.339 e. The summed E-state index contributed by atoms with van der Waals surface area (Å²) in [4.78, 5) is 43.4. The van der Waals surface area contributed by atoms with Crippen molar-refractivity contribution in [1.29, 1.82) is 0 Å². The van der Waals surface area contributed by atoms with Gasteiger partial charge < -0.3 is 14.7 Å². The van der Waals surface area contributed by atoms with Crippen molar-refractivity contribution >= 4 is 23.4 Å². The van der Waals surface area contributed by atoms with Crippen molar-refractivity contribution in [2.45, 2.75) is 26.8 Å². The molecule has 3 amide bonds. The van der Waals surface area contributed by atoms with Gasteiger partial charge >= 0.3 is 0 Å². The number of carbonyl (C=O) groups excluding carboxylic acids is 3. The van der Waals surface area contributed by atoms with Gasteiger partial charge in [0, 0.05) is 44.4 Å². The van der Waals surface area contributed by atoms with E-state index in [0.717, 1.165) is 22.4 Å². The van der Waals surface area contributed by atoms with Crippen LogP contribution in [0.1, 0.15) is 34.0 Å². The molecule has 6 nitrogen and oxygen atoms in total. The van der Waals surface area contributed by atoms with Crippen molar-refractivity contribution < 1.29 is 14.4 Å². The smallest absolute Gasteiger partial charge is 0.258 e. The number of amides is 3. The number of benzene rings is 3. The van der Waals surface area contributed by atoms with E-state index in [1.54, 1.807) is 16.7 Å². The van der Waals surface area contributed by atoms with Crippen LogP contribution in [0.2, 0.25) is 0 Å². The van der Waals surface area contributed by atoms with Gasteiger partial charge in [-0.3, -0.25) is 14.4 Å². The first kappa shape index (κ1) is 24.2. The zero-order valence-corrected chi connectivity index (χ0v) is 20.3. The molecule has 1 aliphatic heterocycles. The van der Waals surface area contributed by atoms with Crippen LogP contribution in [-0.4, -0.2) is 53.7 Å². The molecule has 3 aromatic rings. The van der Waals surface area contributed by atoms with Crippen LogP contribution in [0.25, 0.3) is 0 Å². The molecule has 35 heavy (non-hydrogen) atoms. The quantitative estimate of drug-likeness (QED) is 0.547. The number of aryl methyl sites for hydroxylation is 1. The molecule has 1 saturated heterocycles. The minimum Gasteiger partial charge on any atom is -0.339 e. The van der Waals surface area contributed by atoms with Gasteiger partial charge in [-0.1, -0.05) is 60.2 Å². The molecule has 0 radical (unpaired) electrons. The number of nitrogens with zero attached hydrogens (tertiary/aromatic N) is 3. The van der Waals surface area contributed by atoms with E-state index in [-0.39, 0.29) is 24.1 Å². The Morgan fingerprint density at radius 1 is 0.771 bits per heavy atom. The summed E-state index contributed by atoms with van der Waals surface area (Å²) in [6, 6.07) is 25.1. The minimum atomic E-state index is -0.0855. The summed E-state index contributed by atoms with van der Waals surface area (Å²) in [5.41, 5.74) is 4.36. The summed E-state index contributed by atoms with van der Waals surface area (Å²) in [5, 5.41) is 0. The molecule has 180 valence electrons. The molecule has 1 aliphatic rings. The Morgan fingerprint density at radius 3 is 2.06 bits per heavy atom. The van der Waals surface area contributed by atoms with E-state index in [4.69, 9.17) is 0 Å². The lowest BCUT2D eigenvalue weighted by atomic mass is 10.1. The van der Waals surface area contributed by atoms with E-state index in [1.165, 1.54) is 0 Å². The molecule has 0 saturated carbocycles. The second kappa shape index (κ2) is 11.0. The van der Waals surface area contributed by atoms with Crippen LogP contribution in [0.5, 0.6) is 0 Å². The Balaban J connectivity index is 1.54. The molecule has 0 aliphatic carbocycles. The highest BCUT2D eigenvalue weighted by atomic mass is 16.2.